The minimum absolute atomic E-state index is 0.328. The van der Waals surface area contributed by atoms with Gasteiger partial charge in [-0.2, -0.15) is 11.8 Å². The summed E-state index contributed by atoms with van der Waals surface area (Å²) in [6, 6.07) is 2.42. The van der Waals surface area contributed by atoms with Crippen LogP contribution in [-0.2, 0) is 5.75 Å². The van der Waals surface area contributed by atoms with Gasteiger partial charge in [-0.05, 0) is 42.3 Å². The molecule has 0 aromatic heterocycles. The van der Waals surface area contributed by atoms with Gasteiger partial charge in [-0.1, -0.05) is 13.8 Å². The van der Waals surface area contributed by atoms with Crippen LogP contribution in [0.4, 0.5) is 0 Å². The lowest BCUT2D eigenvalue weighted by molar-refractivity contribution is 0.337. The number of nitrogens with one attached hydrogen (secondary N) is 1. The van der Waals surface area contributed by atoms with E-state index >= 15 is 0 Å². The van der Waals surface area contributed by atoms with E-state index in [-0.39, 0.29) is 0 Å². The van der Waals surface area contributed by atoms with Crippen LogP contribution in [0.15, 0.2) is 6.07 Å². The second kappa shape index (κ2) is 6.72. The van der Waals surface area contributed by atoms with Gasteiger partial charge in [0.1, 0.15) is 0 Å². The summed E-state index contributed by atoms with van der Waals surface area (Å²) in [6.07, 6.45) is 0. The SMILES string of the molecule is CCNC1c2c(c(C)cc(OC)c2OC)CSCC1C. The molecule has 1 aromatic carbocycles. The van der Waals surface area contributed by atoms with Gasteiger partial charge in [0.15, 0.2) is 11.5 Å². The Morgan fingerprint density at radius 3 is 2.70 bits per heavy atom. The van der Waals surface area contributed by atoms with E-state index in [2.05, 4.69) is 32.2 Å². The first-order valence-corrected chi connectivity index (χ1v) is 8.34. The topological polar surface area (TPSA) is 30.5 Å². The summed E-state index contributed by atoms with van der Waals surface area (Å²) >= 11 is 2.01. The van der Waals surface area contributed by atoms with Gasteiger partial charge < -0.3 is 14.8 Å². The molecule has 4 heteroatoms. The number of rotatable bonds is 4. The number of hydrogen-bond donors (Lipinski definition) is 1. The van der Waals surface area contributed by atoms with Crippen molar-refractivity contribution < 1.29 is 9.47 Å². The van der Waals surface area contributed by atoms with E-state index in [4.69, 9.17) is 9.47 Å². The molecule has 20 heavy (non-hydrogen) atoms. The molecule has 2 atom stereocenters. The Labute approximate surface area is 126 Å². The first kappa shape index (κ1) is 15.5. The van der Waals surface area contributed by atoms with Gasteiger partial charge in [-0.25, -0.2) is 0 Å². The van der Waals surface area contributed by atoms with Crippen LogP contribution in [0, 0.1) is 12.8 Å². The fourth-order valence-corrected chi connectivity index (χ4v) is 4.23. The van der Waals surface area contributed by atoms with Crippen molar-refractivity contribution in [3.8, 4) is 11.5 Å². The highest BCUT2D eigenvalue weighted by Crippen LogP contribution is 2.45. The van der Waals surface area contributed by atoms with Crippen LogP contribution in [0.2, 0.25) is 0 Å². The highest BCUT2D eigenvalue weighted by atomic mass is 32.2. The average molecular weight is 295 g/mol. The molecule has 3 nitrogen and oxygen atoms in total. The molecule has 0 saturated carbocycles. The Kier molecular flexibility index (Phi) is 5.22. The van der Waals surface area contributed by atoms with E-state index in [0.717, 1.165) is 29.5 Å². The normalized spacial score (nSPS) is 22.1. The van der Waals surface area contributed by atoms with E-state index in [9.17, 15) is 0 Å². The predicted octanol–water partition coefficient (Wildman–Crippen LogP) is 3.55. The molecule has 0 radical (unpaired) electrons. The van der Waals surface area contributed by atoms with Gasteiger partial charge in [-0.3, -0.25) is 0 Å². The third-order valence-corrected chi connectivity index (χ3v) is 5.23. The number of fused-ring (bicyclic) bond motifs is 1. The van der Waals surface area contributed by atoms with Gasteiger partial charge in [0, 0.05) is 17.4 Å². The minimum Gasteiger partial charge on any atom is -0.493 e. The lowest BCUT2D eigenvalue weighted by Gasteiger charge is -2.27. The van der Waals surface area contributed by atoms with Gasteiger partial charge in [0.2, 0.25) is 0 Å². The molecule has 0 saturated heterocycles. The number of ether oxygens (including phenoxy) is 2. The first-order chi connectivity index (χ1) is 9.63. The van der Waals surface area contributed by atoms with Crippen LogP contribution in [0.5, 0.6) is 11.5 Å². The lowest BCUT2D eigenvalue weighted by Crippen LogP contribution is -2.28. The van der Waals surface area contributed by atoms with Crippen molar-refractivity contribution in [3.05, 3.63) is 22.8 Å². The Hall–Kier alpha value is -0.870. The smallest absolute Gasteiger partial charge is 0.165 e. The largest absolute Gasteiger partial charge is 0.493 e. The fourth-order valence-electron chi connectivity index (χ4n) is 2.96. The molecule has 1 aliphatic heterocycles. The predicted molar refractivity (Wildman–Crippen MR) is 86.0 cm³/mol. The maximum absolute atomic E-state index is 5.70. The summed E-state index contributed by atoms with van der Waals surface area (Å²) in [5.41, 5.74) is 3.99. The van der Waals surface area contributed by atoms with Crippen molar-refractivity contribution in [3.63, 3.8) is 0 Å². The quantitative estimate of drug-likeness (QED) is 0.920. The van der Waals surface area contributed by atoms with Gasteiger partial charge >= 0.3 is 0 Å². The molecule has 0 fully saturated rings. The fraction of sp³-hybridized carbons (Fsp3) is 0.625. The Balaban J connectivity index is 2.65. The van der Waals surface area contributed by atoms with Crippen molar-refractivity contribution in [2.75, 3.05) is 26.5 Å². The van der Waals surface area contributed by atoms with Crippen LogP contribution >= 0.6 is 11.8 Å². The van der Waals surface area contributed by atoms with Crippen LogP contribution in [0.25, 0.3) is 0 Å². The van der Waals surface area contributed by atoms with E-state index in [1.54, 1.807) is 14.2 Å². The molecule has 0 bridgehead atoms. The van der Waals surface area contributed by atoms with E-state index in [0.29, 0.717) is 12.0 Å². The standard InChI is InChI=1S/C16H25NO2S/c1-6-17-15-11(3)8-20-9-12-10(2)7-13(18-4)16(19-5)14(12)15/h7,11,15,17H,6,8-9H2,1-5H3. The number of aryl methyl sites for hydroxylation is 1. The van der Waals surface area contributed by atoms with Crippen LogP contribution in [0.3, 0.4) is 0 Å². The third-order valence-electron chi connectivity index (χ3n) is 3.97. The molecule has 2 unspecified atom stereocenters. The van der Waals surface area contributed by atoms with Crippen molar-refractivity contribution >= 4 is 11.8 Å². The van der Waals surface area contributed by atoms with Gasteiger partial charge in [0.25, 0.3) is 0 Å². The zero-order chi connectivity index (χ0) is 14.7. The molecule has 1 aliphatic rings. The van der Waals surface area contributed by atoms with Crippen molar-refractivity contribution in [2.45, 2.75) is 32.6 Å². The van der Waals surface area contributed by atoms with Crippen LogP contribution < -0.4 is 14.8 Å². The first-order valence-electron chi connectivity index (χ1n) is 7.19. The van der Waals surface area contributed by atoms with E-state index in [1.165, 1.54) is 16.7 Å². The molecule has 0 amide bonds. The minimum atomic E-state index is 0.328. The molecule has 0 aliphatic carbocycles. The third kappa shape index (κ3) is 2.77. The second-order valence-electron chi connectivity index (χ2n) is 5.35. The summed E-state index contributed by atoms with van der Waals surface area (Å²) in [6.45, 7) is 7.59. The highest BCUT2D eigenvalue weighted by molar-refractivity contribution is 7.98. The zero-order valence-electron chi connectivity index (χ0n) is 13.1. The molecular formula is C16H25NO2S. The Bertz CT molecular complexity index is 476. The average Bonchev–Trinajstić information content (AvgIpc) is 2.60. The Morgan fingerprint density at radius 1 is 1.35 bits per heavy atom. The van der Waals surface area contributed by atoms with Gasteiger partial charge in [-0.15, -0.1) is 0 Å². The van der Waals surface area contributed by atoms with Crippen LogP contribution in [-0.4, -0.2) is 26.5 Å². The summed E-state index contributed by atoms with van der Waals surface area (Å²) in [5.74, 6) is 4.52. The lowest BCUT2D eigenvalue weighted by atomic mass is 9.89. The second-order valence-corrected chi connectivity index (χ2v) is 6.38. The van der Waals surface area contributed by atoms with E-state index < -0.39 is 0 Å². The number of methoxy groups -OCH3 is 2. The van der Waals surface area contributed by atoms with Gasteiger partial charge in [0.05, 0.1) is 14.2 Å². The molecule has 0 spiro atoms. The molecule has 1 aromatic rings. The maximum Gasteiger partial charge on any atom is 0.165 e. The van der Waals surface area contributed by atoms with Crippen molar-refractivity contribution in [2.24, 2.45) is 5.92 Å². The van der Waals surface area contributed by atoms with E-state index in [1.807, 2.05) is 11.8 Å². The molecule has 2 rings (SSSR count). The molecule has 1 heterocycles. The summed E-state index contributed by atoms with van der Waals surface area (Å²) in [4.78, 5) is 0. The Morgan fingerprint density at radius 2 is 2.10 bits per heavy atom. The molecule has 1 N–H and O–H groups in total. The monoisotopic (exact) mass is 295 g/mol. The molecule has 112 valence electrons. The summed E-state index contributed by atoms with van der Waals surface area (Å²) in [5, 5.41) is 3.63. The van der Waals surface area contributed by atoms with Crippen LogP contribution in [0.1, 0.15) is 36.6 Å². The zero-order valence-corrected chi connectivity index (χ0v) is 13.9. The summed E-state index contributed by atoms with van der Waals surface area (Å²) in [7, 11) is 3.44. The highest BCUT2D eigenvalue weighted by Gasteiger charge is 2.30. The number of thioether (sulfide) groups is 1. The summed E-state index contributed by atoms with van der Waals surface area (Å²) < 4.78 is 11.2. The number of hydrogen-bond acceptors (Lipinski definition) is 4. The number of benzene rings is 1. The van der Waals surface area contributed by atoms with Crippen molar-refractivity contribution in [1.82, 2.24) is 5.32 Å². The maximum atomic E-state index is 5.70. The van der Waals surface area contributed by atoms with Crippen molar-refractivity contribution in [1.29, 1.82) is 0 Å². The molecular weight excluding hydrogens is 270 g/mol.